The van der Waals surface area contributed by atoms with Crippen molar-refractivity contribution >= 4 is 33.0 Å². The minimum Gasteiger partial charge on any atom is -0.476 e. The van der Waals surface area contributed by atoms with Crippen LogP contribution in [-0.2, 0) is 14.8 Å². The maximum Gasteiger partial charge on any atom is 0.271 e. The Bertz CT molecular complexity index is 1040. The normalized spacial score (nSPS) is 16.1. The first-order valence-electron chi connectivity index (χ1n) is 8.55. The number of non-ortho nitro benzene ring substituents is 1. The number of rotatable bonds is 5. The van der Waals surface area contributed by atoms with Gasteiger partial charge in [-0.1, -0.05) is 18.2 Å². The zero-order valence-corrected chi connectivity index (χ0v) is 16.1. The van der Waals surface area contributed by atoms with Crippen LogP contribution in [0.4, 0.5) is 17.1 Å². The highest BCUT2D eigenvalue weighted by Gasteiger charge is 2.36. The van der Waals surface area contributed by atoms with Crippen molar-refractivity contribution in [3.63, 3.8) is 0 Å². The Labute approximate surface area is 162 Å². The summed E-state index contributed by atoms with van der Waals surface area (Å²) >= 11 is 0. The number of benzene rings is 2. The van der Waals surface area contributed by atoms with Crippen LogP contribution in [0.3, 0.4) is 0 Å². The average Bonchev–Trinajstić information content (AvgIpc) is 2.68. The van der Waals surface area contributed by atoms with Crippen molar-refractivity contribution in [2.75, 3.05) is 21.9 Å². The summed E-state index contributed by atoms with van der Waals surface area (Å²) in [7, 11) is -3.62. The molecule has 2 aromatic carbocycles. The van der Waals surface area contributed by atoms with Crippen LogP contribution in [0.15, 0.2) is 42.5 Å². The lowest BCUT2D eigenvalue weighted by Crippen LogP contribution is -2.49. The third-order valence-corrected chi connectivity index (χ3v) is 6.16. The molecule has 0 radical (unpaired) electrons. The van der Waals surface area contributed by atoms with Gasteiger partial charge in [-0.2, -0.15) is 0 Å². The minimum atomic E-state index is -3.62. The third-order valence-electron chi connectivity index (χ3n) is 4.42. The first-order chi connectivity index (χ1) is 13.2. The number of carbonyl (C=O) groups excluding carboxylic acids is 1. The lowest BCUT2D eigenvalue weighted by Gasteiger charge is -2.34. The molecule has 1 N–H and O–H groups in total. The van der Waals surface area contributed by atoms with Crippen molar-refractivity contribution in [2.45, 2.75) is 20.0 Å². The molecule has 0 aromatic heterocycles. The van der Waals surface area contributed by atoms with Gasteiger partial charge in [0.25, 0.3) is 11.6 Å². The standard InChI is InChI=1S/C18H19N3O6S/c1-3-28(25,26)20-11-17(27-16-7-5-4-6-15(16)20)18(22)19-14-10-13(21(23)24)9-8-12(14)2/h4-10,17H,3,11H2,1-2H3,(H,19,22)/t17-/m1/s1. The fraction of sp³-hybridized carbons (Fsp3) is 0.278. The van der Waals surface area contributed by atoms with Crippen LogP contribution in [0.25, 0.3) is 0 Å². The van der Waals surface area contributed by atoms with Crippen LogP contribution < -0.4 is 14.4 Å². The number of aryl methyl sites for hydroxylation is 1. The van der Waals surface area contributed by atoms with Gasteiger partial charge >= 0.3 is 0 Å². The molecule has 1 aliphatic heterocycles. The van der Waals surface area contributed by atoms with Gasteiger partial charge in [-0.05, 0) is 31.5 Å². The van der Waals surface area contributed by atoms with Gasteiger partial charge in [0, 0.05) is 12.1 Å². The molecule has 3 rings (SSSR count). The van der Waals surface area contributed by atoms with E-state index in [9.17, 15) is 23.3 Å². The fourth-order valence-corrected chi connectivity index (χ4v) is 3.95. The Balaban J connectivity index is 1.89. The fourth-order valence-electron chi connectivity index (χ4n) is 2.83. The number of anilines is 2. The van der Waals surface area contributed by atoms with Crippen molar-refractivity contribution in [1.29, 1.82) is 0 Å². The van der Waals surface area contributed by atoms with Gasteiger partial charge < -0.3 is 10.1 Å². The molecular formula is C18H19N3O6S. The summed E-state index contributed by atoms with van der Waals surface area (Å²) in [5.74, 6) is -0.435. The second-order valence-corrected chi connectivity index (χ2v) is 8.43. The summed E-state index contributed by atoms with van der Waals surface area (Å²) in [5, 5.41) is 13.6. The number of para-hydroxylation sites is 2. The highest BCUT2D eigenvalue weighted by Crippen LogP contribution is 2.35. The van der Waals surface area contributed by atoms with E-state index >= 15 is 0 Å². The lowest BCUT2D eigenvalue weighted by molar-refractivity contribution is -0.384. The van der Waals surface area contributed by atoms with Crippen molar-refractivity contribution in [1.82, 2.24) is 0 Å². The quantitative estimate of drug-likeness (QED) is 0.603. The smallest absolute Gasteiger partial charge is 0.271 e. The highest BCUT2D eigenvalue weighted by atomic mass is 32.2. The number of nitro benzene ring substituents is 1. The molecule has 148 valence electrons. The molecule has 2 aromatic rings. The number of fused-ring (bicyclic) bond motifs is 1. The summed E-state index contributed by atoms with van der Waals surface area (Å²) in [4.78, 5) is 23.2. The van der Waals surface area contributed by atoms with E-state index in [1.54, 1.807) is 31.2 Å². The summed E-state index contributed by atoms with van der Waals surface area (Å²) in [6, 6.07) is 10.7. The molecule has 0 saturated heterocycles. The number of sulfonamides is 1. The Morgan fingerprint density at radius 3 is 2.71 bits per heavy atom. The van der Waals surface area contributed by atoms with E-state index in [0.29, 0.717) is 11.3 Å². The number of nitrogens with one attached hydrogen (secondary N) is 1. The van der Waals surface area contributed by atoms with Gasteiger partial charge in [-0.3, -0.25) is 19.2 Å². The first kappa shape index (κ1) is 19.6. The van der Waals surface area contributed by atoms with Crippen LogP contribution in [-0.4, -0.2) is 37.6 Å². The van der Waals surface area contributed by atoms with Crippen LogP contribution >= 0.6 is 0 Å². The van der Waals surface area contributed by atoms with Crippen LogP contribution in [0.5, 0.6) is 5.75 Å². The van der Waals surface area contributed by atoms with Crippen molar-refractivity contribution in [3.8, 4) is 5.75 Å². The predicted molar refractivity (Wildman–Crippen MR) is 104 cm³/mol. The number of carbonyl (C=O) groups is 1. The highest BCUT2D eigenvalue weighted by molar-refractivity contribution is 7.92. The van der Waals surface area contributed by atoms with Crippen LogP contribution in [0.2, 0.25) is 0 Å². The molecule has 0 bridgehead atoms. The van der Waals surface area contributed by atoms with Gasteiger partial charge in [-0.25, -0.2) is 8.42 Å². The van der Waals surface area contributed by atoms with Gasteiger partial charge in [0.1, 0.15) is 5.75 Å². The summed E-state index contributed by atoms with van der Waals surface area (Å²) in [5.41, 5.74) is 1.12. The summed E-state index contributed by atoms with van der Waals surface area (Å²) in [6.45, 7) is 3.03. The van der Waals surface area contributed by atoms with Gasteiger partial charge in [0.2, 0.25) is 10.0 Å². The molecule has 28 heavy (non-hydrogen) atoms. The number of nitro groups is 1. The summed E-state index contributed by atoms with van der Waals surface area (Å²) in [6.07, 6.45) is -1.10. The molecule has 10 heteroatoms. The lowest BCUT2D eigenvalue weighted by atomic mass is 10.1. The van der Waals surface area contributed by atoms with E-state index in [0.717, 1.165) is 4.31 Å². The van der Waals surface area contributed by atoms with Crippen LogP contribution in [0, 0.1) is 17.0 Å². The van der Waals surface area contributed by atoms with Crippen LogP contribution in [0.1, 0.15) is 12.5 Å². The Hall–Kier alpha value is -3.14. The average molecular weight is 405 g/mol. The Morgan fingerprint density at radius 1 is 1.32 bits per heavy atom. The van der Waals surface area contributed by atoms with Gasteiger partial charge in [0.15, 0.2) is 6.10 Å². The molecule has 9 nitrogen and oxygen atoms in total. The molecule has 1 heterocycles. The second kappa shape index (κ2) is 7.47. The molecule has 0 spiro atoms. The molecule has 0 fully saturated rings. The number of hydrogen-bond donors (Lipinski definition) is 1. The van der Waals surface area contributed by atoms with Gasteiger partial charge in [0.05, 0.1) is 28.6 Å². The minimum absolute atomic E-state index is 0.125. The van der Waals surface area contributed by atoms with Crippen molar-refractivity contribution in [2.24, 2.45) is 0 Å². The molecule has 1 aliphatic rings. The number of amides is 1. The Kier molecular flexibility index (Phi) is 5.23. The zero-order valence-electron chi connectivity index (χ0n) is 15.3. The molecular weight excluding hydrogens is 386 g/mol. The predicted octanol–water partition coefficient (Wildman–Crippen LogP) is 2.46. The zero-order chi connectivity index (χ0) is 20.5. The van der Waals surface area contributed by atoms with E-state index < -0.39 is 27.0 Å². The van der Waals surface area contributed by atoms with E-state index in [1.807, 2.05) is 0 Å². The molecule has 0 saturated carbocycles. The number of nitrogens with zero attached hydrogens (tertiary/aromatic N) is 2. The first-order valence-corrected chi connectivity index (χ1v) is 10.2. The van der Waals surface area contributed by atoms with Gasteiger partial charge in [-0.15, -0.1) is 0 Å². The topological polar surface area (TPSA) is 119 Å². The van der Waals surface area contributed by atoms with E-state index in [2.05, 4.69) is 5.32 Å². The van der Waals surface area contributed by atoms with E-state index in [4.69, 9.17) is 4.74 Å². The Morgan fingerprint density at radius 2 is 2.04 bits per heavy atom. The van der Waals surface area contributed by atoms with Crippen molar-refractivity contribution < 1.29 is 22.9 Å². The SMILES string of the molecule is CCS(=O)(=O)N1C[C@H](C(=O)Nc2cc([N+](=O)[O-])ccc2C)Oc2ccccc21. The third kappa shape index (κ3) is 3.77. The largest absolute Gasteiger partial charge is 0.476 e. The summed E-state index contributed by atoms with van der Waals surface area (Å²) < 4.78 is 31.8. The number of hydrogen-bond acceptors (Lipinski definition) is 6. The maximum absolute atomic E-state index is 12.7. The molecule has 1 amide bonds. The molecule has 0 aliphatic carbocycles. The molecule has 1 atom stereocenters. The molecule has 0 unspecified atom stereocenters. The second-order valence-electron chi connectivity index (χ2n) is 6.25. The van der Waals surface area contributed by atoms with E-state index in [1.165, 1.54) is 25.1 Å². The monoisotopic (exact) mass is 405 g/mol. The van der Waals surface area contributed by atoms with E-state index in [-0.39, 0.29) is 29.4 Å². The van der Waals surface area contributed by atoms with Crippen molar-refractivity contribution in [3.05, 3.63) is 58.1 Å². The number of ether oxygens (including phenoxy) is 1. The maximum atomic E-state index is 12.7.